The van der Waals surface area contributed by atoms with Crippen molar-refractivity contribution in [3.63, 3.8) is 0 Å². The summed E-state index contributed by atoms with van der Waals surface area (Å²) in [6.07, 6.45) is 0. The van der Waals surface area contributed by atoms with Gasteiger partial charge in [0.15, 0.2) is 0 Å². The molecule has 112 valence electrons. The minimum Gasteiger partial charge on any atom is -0.466 e. The maximum Gasteiger partial charge on any atom is 0.334 e. The minimum atomic E-state index is -0.714. The summed E-state index contributed by atoms with van der Waals surface area (Å²) in [4.78, 5) is 23.6. The van der Waals surface area contributed by atoms with E-state index in [2.05, 4.69) is 17.9 Å². The van der Waals surface area contributed by atoms with Crippen molar-refractivity contribution in [3.05, 3.63) is 59.2 Å². The molecular formula is C16H17ClO4. The van der Waals surface area contributed by atoms with E-state index in [-0.39, 0.29) is 17.8 Å². The van der Waals surface area contributed by atoms with Crippen LogP contribution in [0.15, 0.2) is 48.6 Å². The molecule has 0 heterocycles. The van der Waals surface area contributed by atoms with Crippen molar-refractivity contribution >= 4 is 23.5 Å². The van der Waals surface area contributed by atoms with E-state index in [1.54, 1.807) is 31.2 Å². The Bertz CT molecular complexity index is 560. The second-order valence-electron chi connectivity index (χ2n) is 4.25. The van der Waals surface area contributed by atoms with E-state index in [4.69, 9.17) is 16.3 Å². The fourth-order valence-corrected chi connectivity index (χ4v) is 1.98. The maximum absolute atomic E-state index is 11.9. The van der Waals surface area contributed by atoms with Gasteiger partial charge in [-0.2, -0.15) is 0 Å². The maximum atomic E-state index is 11.9. The van der Waals surface area contributed by atoms with Gasteiger partial charge in [-0.1, -0.05) is 36.9 Å². The van der Waals surface area contributed by atoms with Crippen molar-refractivity contribution in [1.29, 1.82) is 0 Å². The molecule has 0 saturated carbocycles. The van der Waals surface area contributed by atoms with Gasteiger partial charge in [0.2, 0.25) is 0 Å². The van der Waals surface area contributed by atoms with Gasteiger partial charge < -0.3 is 9.47 Å². The zero-order valence-electron chi connectivity index (χ0n) is 12.0. The Hall–Kier alpha value is -2.07. The number of hydrogen-bond donors (Lipinski definition) is 0. The lowest BCUT2D eigenvalue weighted by Crippen LogP contribution is -2.20. The highest BCUT2D eigenvalue weighted by Crippen LogP contribution is 2.32. The number of carbonyl (C=O) groups is 2. The number of benzene rings is 1. The summed E-state index contributed by atoms with van der Waals surface area (Å²) in [5.74, 6) is -1.91. The van der Waals surface area contributed by atoms with Crippen molar-refractivity contribution in [2.45, 2.75) is 12.8 Å². The third kappa shape index (κ3) is 4.20. The Morgan fingerprint density at radius 3 is 2.14 bits per heavy atom. The van der Waals surface area contributed by atoms with Crippen molar-refractivity contribution in [2.24, 2.45) is 0 Å². The molecule has 1 rings (SSSR count). The number of hydrogen-bond acceptors (Lipinski definition) is 4. The van der Waals surface area contributed by atoms with E-state index in [9.17, 15) is 9.59 Å². The number of ether oxygens (including phenoxy) is 2. The molecule has 0 N–H and O–H groups in total. The summed E-state index contributed by atoms with van der Waals surface area (Å²) in [5, 5.41) is 0.544. The smallest absolute Gasteiger partial charge is 0.334 e. The highest BCUT2D eigenvalue weighted by Gasteiger charge is 2.28. The molecule has 0 spiro atoms. The van der Waals surface area contributed by atoms with Crippen molar-refractivity contribution in [2.75, 3.05) is 13.7 Å². The summed E-state index contributed by atoms with van der Waals surface area (Å²) >= 11 is 5.85. The first-order valence-corrected chi connectivity index (χ1v) is 6.68. The molecule has 1 atom stereocenters. The molecule has 1 aromatic carbocycles. The first kappa shape index (κ1) is 17.0. The molecule has 5 heteroatoms. The molecule has 4 nitrogen and oxygen atoms in total. The van der Waals surface area contributed by atoms with Gasteiger partial charge in [-0.05, 0) is 24.6 Å². The topological polar surface area (TPSA) is 52.6 Å². The molecule has 0 aliphatic carbocycles. The molecular weight excluding hydrogens is 292 g/mol. The lowest BCUT2D eigenvalue weighted by Gasteiger charge is -2.20. The summed E-state index contributed by atoms with van der Waals surface area (Å²) in [6.45, 7) is 9.36. The van der Waals surface area contributed by atoms with Crippen molar-refractivity contribution in [1.82, 2.24) is 0 Å². The van der Waals surface area contributed by atoms with Gasteiger partial charge in [-0.3, -0.25) is 0 Å². The largest absolute Gasteiger partial charge is 0.466 e. The molecule has 0 aromatic heterocycles. The van der Waals surface area contributed by atoms with E-state index in [1.807, 2.05) is 0 Å². The number of rotatable bonds is 6. The van der Waals surface area contributed by atoms with E-state index in [0.29, 0.717) is 10.6 Å². The normalized spacial score (nSPS) is 11.4. The van der Waals surface area contributed by atoms with Gasteiger partial charge in [0.05, 0.1) is 13.7 Å². The van der Waals surface area contributed by atoms with Crippen molar-refractivity contribution in [3.8, 4) is 0 Å². The third-order valence-corrected chi connectivity index (χ3v) is 3.14. The van der Waals surface area contributed by atoms with Crippen LogP contribution in [0.1, 0.15) is 18.4 Å². The second-order valence-corrected chi connectivity index (χ2v) is 4.68. The predicted molar refractivity (Wildman–Crippen MR) is 81.1 cm³/mol. The highest BCUT2D eigenvalue weighted by molar-refractivity contribution is 6.30. The Balaban J connectivity index is 3.20. The van der Waals surface area contributed by atoms with Crippen LogP contribution in [0.25, 0.3) is 0 Å². The van der Waals surface area contributed by atoms with Crippen LogP contribution < -0.4 is 0 Å². The number of carbonyl (C=O) groups excluding carboxylic acids is 2. The lowest BCUT2D eigenvalue weighted by atomic mass is 9.86. The van der Waals surface area contributed by atoms with Crippen LogP contribution in [-0.2, 0) is 19.1 Å². The summed E-state index contributed by atoms with van der Waals surface area (Å²) in [6, 6.07) is 6.72. The summed E-state index contributed by atoms with van der Waals surface area (Å²) in [7, 11) is 1.25. The average Bonchev–Trinajstić information content (AvgIpc) is 2.48. The second kappa shape index (κ2) is 7.64. The van der Waals surface area contributed by atoms with Crippen LogP contribution >= 0.6 is 11.6 Å². The Kier molecular flexibility index (Phi) is 6.18. The highest BCUT2D eigenvalue weighted by atomic mass is 35.5. The molecule has 0 aliphatic heterocycles. The number of halogens is 1. The van der Waals surface area contributed by atoms with Gasteiger partial charge in [-0.25, -0.2) is 9.59 Å². The number of methoxy groups -OCH3 is 1. The molecule has 0 unspecified atom stereocenters. The third-order valence-electron chi connectivity index (χ3n) is 2.89. The fraction of sp³-hybridized carbons (Fsp3) is 0.250. The van der Waals surface area contributed by atoms with Gasteiger partial charge in [0.1, 0.15) is 0 Å². The van der Waals surface area contributed by atoms with Crippen LogP contribution in [0.2, 0.25) is 5.02 Å². The Morgan fingerprint density at radius 1 is 1.14 bits per heavy atom. The zero-order chi connectivity index (χ0) is 16.0. The van der Waals surface area contributed by atoms with Crippen LogP contribution in [0.4, 0.5) is 0 Å². The molecule has 0 radical (unpaired) electrons. The van der Waals surface area contributed by atoms with E-state index >= 15 is 0 Å². The Labute approximate surface area is 129 Å². The van der Waals surface area contributed by atoms with Crippen LogP contribution in [0.5, 0.6) is 0 Å². The molecule has 0 bridgehead atoms. The Morgan fingerprint density at radius 2 is 1.67 bits per heavy atom. The van der Waals surface area contributed by atoms with Crippen molar-refractivity contribution < 1.29 is 19.1 Å². The van der Waals surface area contributed by atoms with Gasteiger partial charge >= 0.3 is 11.9 Å². The average molecular weight is 309 g/mol. The fourth-order valence-electron chi connectivity index (χ4n) is 1.86. The van der Waals surface area contributed by atoms with Crippen LogP contribution in [0, 0.1) is 0 Å². The predicted octanol–water partition coefficient (Wildman–Crippen LogP) is 3.27. The zero-order valence-corrected chi connectivity index (χ0v) is 12.8. The molecule has 1 aromatic rings. The van der Waals surface area contributed by atoms with Gasteiger partial charge in [-0.15, -0.1) is 0 Å². The van der Waals surface area contributed by atoms with E-state index in [1.165, 1.54) is 7.11 Å². The first-order chi connectivity index (χ1) is 9.92. The quantitative estimate of drug-likeness (QED) is 0.598. The van der Waals surface area contributed by atoms with E-state index < -0.39 is 17.9 Å². The van der Waals surface area contributed by atoms with Crippen LogP contribution in [-0.4, -0.2) is 25.7 Å². The molecule has 0 amide bonds. The van der Waals surface area contributed by atoms with Crippen LogP contribution in [0.3, 0.4) is 0 Å². The molecule has 0 fully saturated rings. The standard InChI is InChI=1S/C16H17ClO4/c1-5-21-16(19)11(3)14(10(2)15(18)20-4)12-6-8-13(17)9-7-12/h6-9,14H,2-3,5H2,1,4H3/t14-/m1/s1. The molecule has 0 aliphatic rings. The first-order valence-electron chi connectivity index (χ1n) is 6.30. The SMILES string of the molecule is C=C(C(=O)OC)[C@H](C(=C)C(=O)OCC)c1ccc(Cl)cc1. The number of esters is 2. The van der Waals surface area contributed by atoms with E-state index in [0.717, 1.165) is 0 Å². The molecule has 21 heavy (non-hydrogen) atoms. The van der Waals surface area contributed by atoms with Gasteiger partial charge in [0.25, 0.3) is 0 Å². The lowest BCUT2D eigenvalue weighted by molar-refractivity contribution is -0.138. The van der Waals surface area contributed by atoms with Gasteiger partial charge in [0, 0.05) is 22.1 Å². The summed E-state index contributed by atoms with van der Waals surface area (Å²) in [5.41, 5.74) is 0.889. The minimum absolute atomic E-state index is 0.109. The summed E-state index contributed by atoms with van der Waals surface area (Å²) < 4.78 is 9.61. The monoisotopic (exact) mass is 308 g/mol. The molecule has 0 saturated heterocycles.